The highest BCUT2D eigenvalue weighted by atomic mass is 16.3. The zero-order valence-electron chi connectivity index (χ0n) is 11.9. The number of anilines is 1. The van der Waals surface area contributed by atoms with Crippen LogP contribution in [0.5, 0.6) is 0 Å². The first-order valence-electron chi connectivity index (χ1n) is 6.82. The van der Waals surface area contributed by atoms with Gasteiger partial charge in [-0.15, -0.1) is 0 Å². The maximum Gasteiger partial charge on any atom is 0.131 e. The summed E-state index contributed by atoms with van der Waals surface area (Å²) in [6, 6.07) is 0. The van der Waals surface area contributed by atoms with Gasteiger partial charge in [-0.25, -0.2) is 9.97 Å². The fourth-order valence-electron chi connectivity index (χ4n) is 1.81. The van der Waals surface area contributed by atoms with E-state index in [4.69, 9.17) is 0 Å². The molecule has 0 spiro atoms. The summed E-state index contributed by atoms with van der Waals surface area (Å²) in [7, 11) is 0. The van der Waals surface area contributed by atoms with Crippen molar-refractivity contribution in [3.63, 3.8) is 0 Å². The van der Waals surface area contributed by atoms with Crippen LogP contribution >= 0.6 is 0 Å². The van der Waals surface area contributed by atoms with Gasteiger partial charge in [-0.1, -0.05) is 40.5 Å². The van der Waals surface area contributed by atoms with Gasteiger partial charge in [0.15, 0.2) is 0 Å². The number of rotatable bonds is 7. The van der Waals surface area contributed by atoms with E-state index in [0.29, 0.717) is 11.6 Å². The van der Waals surface area contributed by atoms with E-state index < -0.39 is 0 Å². The fraction of sp³-hybridized carbons (Fsp3) is 0.714. The predicted molar refractivity (Wildman–Crippen MR) is 74.6 cm³/mol. The van der Waals surface area contributed by atoms with Crippen LogP contribution in [-0.2, 0) is 6.61 Å². The average molecular weight is 251 g/mol. The minimum Gasteiger partial charge on any atom is -0.390 e. The maximum atomic E-state index is 9.37. The Morgan fingerprint density at radius 2 is 1.94 bits per heavy atom. The second-order valence-electron chi connectivity index (χ2n) is 4.96. The van der Waals surface area contributed by atoms with Crippen molar-refractivity contribution in [2.24, 2.45) is 5.92 Å². The molecule has 1 aromatic heterocycles. The van der Waals surface area contributed by atoms with Crippen LogP contribution in [0, 0.1) is 5.92 Å². The Morgan fingerprint density at radius 1 is 1.28 bits per heavy atom. The summed E-state index contributed by atoms with van der Waals surface area (Å²) in [5.74, 6) is 1.72. The molecule has 0 aliphatic heterocycles. The van der Waals surface area contributed by atoms with Gasteiger partial charge in [-0.3, -0.25) is 0 Å². The van der Waals surface area contributed by atoms with Gasteiger partial charge in [0, 0.05) is 12.5 Å². The van der Waals surface area contributed by atoms with E-state index in [1.165, 1.54) is 0 Å². The summed E-state index contributed by atoms with van der Waals surface area (Å²) in [5, 5.41) is 12.7. The molecule has 102 valence electrons. The van der Waals surface area contributed by atoms with Crippen LogP contribution in [0.15, 0.2) is 6.20 Å². The van der Waals surface area contributed by atoms with Crippen LogP contribution in [-0.4, -0.2) is 21.6 Å². The van der Waals surface area contributed by atoms with Crippen LogP contribution < -0.4 is 5.32 Å². The summed E-state index contributed by atoms with van der Waals surface area (Å²) in [6.07, 6.45) is 4.10. The van der Waals surface area contributed by atoms with E-state index >= 15 is 0 Å². The molecule has 0 radical (unpaired) electrons. The second kappa shape index (κ2) is 7.31. The molecule has 0 saturated carbocycles. The standard InChI is InChI=1S/C14H25N3O/c1-5-11(6-2)7-15-12-8-16-14(10(3)4)17-13(12)9-18/h8,10-11,15,18H,5-7,9H2,1-4H3. The number of hydrogen-bond donors (Lipinski definition) is 2. The molecule has 0 atom stereocenters. The van der Waals surface area contributed by atoms with E-state index in [2.05, 4.69) is 29.1 Å². The van der Waals surface area contributed by atoms with Crippen molar-refractivity contribution in [2.75, 3.05) is 11.9 Å². The van der Waals surface area contributed by atoms with Crippen molar-refractivity contribution in [2.45, 2.75) is 53.1 Å². The van der Waals surface area contributed by atoms with Crippen molar-refractivity contribution in [1.29, 1.82) is 0 Å². The lowest BCUT2D eigenvalue weighted by Gasteiger charge is -2.16. The van der Waals surface area contributed by atoms with Gasteiger partial charge in [0.1, 0.15) is 5.82 Å². The summed E-state index contributed by atoms with van der Waals surface area (Å²) < 4.78 is 0. The van der Waals surface area contributed by atoms with Gasteiger partial charge in [0.25, 0.3) is 0 Å². The van der Waals surface area contributed by atoms with Gasteiger partial charge in [0.05, 0.1) is 24.2 Å². The third-order valence-electron chi connectivity index (χ3n) is 3.29. The Kier molecular flexibility index (Phi) is 6.05. The monoisotopic (exact) mass is 251 g/mol. The SMILES string of the molecule is CCC(CC)CNc1cnc(C(C)C)nc1CO. The zero-order valence-corrected chi connectivity index (χ0v) is 11.9. The quantitative estimate of drug-likeness (QED) is 0.782. The minimum atomic E-state index is -0.0481. The van der Waals surface area contributed by atoms with E-state index in [-0.39, 0.29) is 12.5 Å². The van der Waals surface area contributed by atoms with Gasteiger partial charge in [0.2, 0.25) is 0 Å². The summed E-state index contributed by atoms with van der Waals surface area (Å²) in [6.45, 7) is 9.35. The Bertz CT molecular complexity index is 362. The lowest BCUT2D eigenvalue weighted by Crippen LogP contribution is -2.15. The molecular weight excluding hydrogens is 226 g/mol. The Labute approximate surface area is 110 Å². The summed E-state index contributed by atoms with van der Waals surface area (Å²) in [5.41, 5.74) is 1.55. The molecule has 1 heterocycles. The zero-order chi connectivity index (χ0) is 13.5. The third kappa shape index (κ3) is 3.95. The number of aliphatic hydroxyl groups is 1. The lowest BCUT2D eigenvalue weighted by molar-refractivity contribution is 0.276. The highest BCUT2D eigenvalue weighted by molar-refractivity contribution is 5.45. The third-order valence-corrected chi connectivity index (χ3v) is 3.29. The van der Waals surface area contributed by atoms with Gasteiger partial charge in [-0.05, 0) is 5.92 Å². The van der Waals surface area contributed by atoms with Crippen molar-refractivity contribution >= 4 is 5.69 Å². The molecule has 1 aromatic rings. The normalized spacial score (nSPS) is 11.3. The summed E-state index contributed by atoms with van der Waals surface area (Å²) >= 11 is 0. The van der Waals surface area contributed by atoms with Crippen molar-refractivity contribution in [3.05, 3.63) is 17.7 Å². The van der Waals surface area contributed by atoms with Crippen LogP contribution in [0.4, 0.5) is 5.69 Å². The van der Waals surface area contributed by atoms with E-state index in [1.807, 2.05) is 13.8 Å². The first-order valence-corrected chi connectivity index (χ1v) is 6.82. The molecule has 0 aromatic carbocycles. The predicted octanol–water partition coefficient (Wildman–Crippen LogP) is 2.94. The molecule has 0 aliphatic rings. The molecule has 0 fully saturated rings. The average Bonchev–Trinajstić information content (AvgIpc) is 2.39. The molecular formula is C14H25N3O. The molecule has 0 bridgehead atoms. The van der Waals surface area contributed by atoms with E-state index in [0.717, 1.165) is 30.9 Å². The number of aliphatic hydroxyl groups excluding tert-OH is 1. The van der Waals surface area contributed by atoms with Crippen LogP contribution in [0.1, 0.15) is 58.0 Å². The van der Waals surface area contributed by atoms with Gasteiger partial charge >= 0.3 is 0 Å². The van der Waals surface area contributed by atoms with Crippen LogP contribution in [0.3, 0.4) is 0 Å². The number of hydrogen-bond acceptors (Lipinski definition) is 4. The molecule has 0 saturated heterocycles. The highest BCUT2D eigenvalue weighted by Crippen LogP contribution is 2.17. The minimum absolute atomic E-state index is 0.0481. The number of nitrogens with one attached hydrogen (secondary N) is 1. The van der Waals surface area contributed by atoms with Crippen molar-refractivity contribution in [1.82, 2.24) is 9.97 Å². The second-order valence-corrected chi connectivity index (χ2v) is 4.96. The van der Waals surface area contributed by atoms with Crippen molar-refractivity contribution in [3.8, 4) is 0 Å². The van der Waals surface area contributed by atoms with E-state index in [9.17, 15) is 5.11 Å². The number of nitrogens with zero attached hydrogens (tertiary/aromatic N) is 2. The smallest absolute Gasteiger partial charge is 0.131 e. The Hall–Kier alpha value is -1.16. The highest BCUT2D eigenvalue weighted by Gasteiger charge is 2.10. The lowest BCUT2D eigenvalue weighted by atomic mass is 10.0. The van der Waals surface area contributed by atoms with E-state index in [1.54, 1.807) is 6.20 Å². The molecule has 0 aliphatic carbocycles. The van der Waals surface area contributed by atoms with Crippen LogP contribution in [0.25, 0.3) is 0 Å². The maximum absolute atomic E-state index is 9.37. The first kappa shape index (κ1) is 14.9. The molecule has 2 N–H and O–H groups in total. The molecule has 0 amide bonds. The van der Waals surface area contributed by atoms with Gasteiger partial charge in [-0.2, -0.15) is 0 Å². The van der Waals surface area contributed by atoms with Crippen LogP contribution in [0.2, 0.25) is 0 Å². The summed E-state index contributed by atoms with van der Waals surface area (Å²) in [4.78, 5) is 8.73. The molecule has 0 unspecified atom stereocenters. The molecule has 18 heavy (non-hydrogen) atoms. The largest absolute Gasteiger partial charge is 0.390 e. The first-order chi connectivity index (χ1) is 8.62. The number of aromatic nitrogens is 2. The fourth-order valence-corrected chi connectivity index (χ4v) is 1.81. The molecule has 4 heteroatoms. The van der Waals surface area contributed by atoms with Crippen molar-refractivity contribution < 1.29 is 5.11 Å². The molecule has 4 nitrogen and oxygen atoms in total. The topological polar surface area (TPSA) is 58.0 Å². The Morgan fingerprint density at radius 3 is 2.44 bits per heavy atom. The molecule has 1 rings (SSSR count). The Balaban J connectivity index is 2.76. The van der Waals surface area contributed by atoms with Gasteiger partial charge < -0.3 is 10.4 Å².